The maximum atomic E-state index is 12.9. The third-order valence-electron chi connectivity index (χ3n) is 4.90. The lowest BCUT2D eigenvalue weighted by molar-refractivity contribution is 0.0751. The zero-order valence-corrected chi connectivity index (χ0v) is 16.0. The number of hydrogen-bond acceptors (Lipinski definition) is 5. The Hall–Kier alpha value is -2.54. The Bertz CT molecular complexity index is 919. The minimum absolute atomic E-state index is 0.116. The predicted molar refractivity (Wildman–Crippen MR) is 104 cm³/mol. The van der Waals surface area contributed by atoms with Crippen LogP contribution in [0.3, 0.4) is 0 Å². The van der Waals surface area contributed by atoms with E-state index in [2.05, 4.69) is 16.1 Å². The number of aryl methyl sites for hydroxylation is 2. The second kappa shape index (κ2) is 6.64. The van der Waals surface area contributed by atoms with Gasteiger partial charge in [0.1, 0.15) is 10.6 Å². The summed E-state index contributed by atoms with van der Waals surface area (Å²) in [4.78, 5) is 19.0. The number of hydrogen-bond donors (Lipinski definition) is 0. The van der Waals surface area contributed by atoms with Crippen molar-refractivity contribution >= 4 is 33.1 Å². The molecule has 1 fully saturated rings. The van der Waals surface area contributed by atoms with E-state index in [1.807, 2.05) is 47.8 Å². The molecule has 0 radical (unpaired) electrons. The van der Waals surface area contributed by atoms with Crippen LogP contribution in [0.4, 0.5) is 5.69 Å². The first-order valence-electron chi connectivity index (χ1n) is 8.69. The zero-order valence-electron chi connectivity index (χ0n) is 15.2. The second-order valence-corrected chi connectivity index (χ2v) is 7.52. The number of nitrogens with zero attached hydrogens (tertiary/aromatic N) is 4. The Morgan fingerprint density at radius 3 is 2.62 bits per heavy atom. The quantitative estimate of drug-likeness (QED) is 0.711. The molecule has 1 aliphatic heterocycles. The van der Waals surface area contributed by atoms with Gasteiger partial charge in [-0.15, -0.1) is 11.3 Å². The molecule has 3 aromatic rings. The number of benzene rings is 1. The molecule has 0 unspecified atom stereocenters. The van der Waals surface area contributed by atoms with Gasteiger partial charge in [0, 0.05) is 38.6 Å². The van der Waals surface area contributed by atoms with Crippen LogP contribution in [0, 0.1) is 6.92 Å². The van der Waals surface area contributed by atoms with E-state index in [4.69, 9.17) is 4.74 Å². The fraction of sp³-hybridized carbons (Fsp3) is 0.368. The summed E-state index contributed by atoms with van der Waals surface area (Å²) >= 11 is 1.53. The van der Waals surface area contributed by atoms with Crippen molar-refractivity contribution in [3.05, 3.63) is 40.9 Å². The summed E-state index contributed by atoms with van der Waals surface area (Å²) in [6.07, 6.45) is 0. The summed E-state index contributed by atoms with van der Waals surface area (Å²) < 4.78 is 7.31. The van der Waals surface area contributed by atoms with Crippen LogP contribution < -0.4 is 9.64 Å². The maximum Gasteiger partial charge on any atom is 0.264 e. The van der Waals surface area contributed by atoms with E-state index in [1.165, 1.54) is 11.3 Å². The molecule has 136 valence electrons. The fourth-order valence-electron chi connectivity index (χ4n) is 3.51. The SMILES string of the molecule is COc1ccccc1N1CCN(C(=O)c2cc3c(C)nn(C)c3s2)CC1. The van der Waals surface area contributed by atoms with Crippen LogP contribution in [0.5, 0.6) is 5.75 Å². The molecule has 7 heteroatoms. The smallest absolute Gasteiger partial charge is 0.264 e. The van der Waals surface area contributed by atoms with E-state index >= 15 is 0 Å². The van der Waals surface area contributed by atoms with Crippen LogP contribution in [0.2, 0.25) is 0 Å². The number of ether oxygens (including phenoxy) is 1. The Kier molecular flexibility index (Phi) is 4.32. The van der Waals surface area contributed by atoms with E-state index < -0.39 is 0 Å². The van der Waals surface area contributed by atoms with E-state index in [1.54, 1.807) is 7.11 Å². The first kappa shape index (κ1) is 16.9. The summed E-state index contributed by atoms with van der Waals surface area (Å²) in [5.74, 6) is 0.991. The molecule has 6 nitrogen and oxygen atoms in total. The number of para-hydroxylation sites is 2. The van der Waals surface area contributed by atoms with E-state index in [9.17, 15) is 4.79 Å². The summed E-state index contributed by atoms with van der Waals surface area (Å²) in [5, 5.41) is 5.48. The average Bonchev–Trinajstić information content (AvgIpc) is 3.23. The van der Waals surface area contributed by atoms with Gasteiger partial charge in [-0.1, -0.05) is 12.1 Å². The molecular formula is C19H22N4O2S. The number of aromatic nitrogens is 2. The van der Waals surface area contributed by atoms with Crippen LogP contribution in [-0.2, 0) is 7.05 Å². The van der Waals surface area contributed by atoms with Crippen LogP contribution in [0.25, 0.3) is 10.2 Å². The number of thiophene rings is 1. The first-order chi connectivity index (χ1) is 12.6. The molecule has 0 bridgehead atoms. The Balaban J connectivity index is 1.48. The molecule has 2 aromatic heterocycles. The number of amides is 1. The minimum atomic E-state index is 0.116. The van der Waals surface area contributed by atoms with Gasteiger partial charge in [0.2, 0.25) is 0 Å². The molecule has 26 heavy (non-hydrogen) atoms. The molecule has 1 aromatic carbocycles. The Morgan fingerprint density at radius 1 is 1.19 bits per heavy atom. The highest BCUT2D eigenvalue weighted by Gasteiger charge is 2.25. The van der Waals surface area contributed by atoms with Gasteiger partial charge in [0.15, 0.2) is 0 Å². The summed E-state index contributed by atoms with van der Waals surface area (Å²) in [7, 11) is 3.61. The van der Waals surface area contributed by atoms with Gasteiger partial charge in [-0.2, -0.15) is 5.10 Å². The highest BCUT2D eigenvalue weighted by atomic mass is 32.1. The Labute approximate surface area is 156 Å². The number of carbonyl (C=O) groups is 1. The largest absolute Gasteiger partial charge is 0.495 e. The summed E-state index contributed by atoms with van der Waals surface area (Å²) in [6, 6.07) is 10.0. The molecule has 0 spiro atoms. The third-order valence-corrected chi connectivity index (χ3v) is 6.09. The number of methoxy groups -OCH3 is 1. The van der Waals surface area contributed by atoms with Crippen molar-refractivity contribution in [2.45, 2.75) is 6.92 Å². The molecule has 0 N–H and O–H groups in total. The number of carbonyl (C=O) groups excluding carboxylic acids is 1. The monoisotopic (exact) mass is 370 g/mol. The average molecular weight is 370 g/mol. The molecule has 1 aliphatic rings. The van der Waals surface area contributed by atoms with Crippen LogP contribution >= 0.6 is 11.3 Å². The lowest BCUT2D eigenvalue weighted by Crippen LogP contribution is -2.48. The zero-order chi connectivity index (χ0) is 18.3. The van der Waals surface area contributed by atoms with Crippen molar-refractivity contribution in [2.24, 2.45) is 7.05 Å². The van der Waals surface area contributed by atoms with Crippen molar-refractivity contribution in [1.29, 1.82) is 0 Å². The molecule has 3 heterocycles. The Morgan fingerprint density at radius 2 is 1.92 bits per heavy atom. The third kappa shape index (κ3) is 2.82. The van der Waals surface area contributed by atoms with Gasteiger partial charge in [-0.3, -0.25) is 9.48 Å². The standard InChI is InChI=1S/C19H22N4O2S/c1-13-14-12-17(26-19(14)21(2)20-13)18(24)23-10-8-22(9-11-23)15-6-4-5-7-16(15)25-3/h4-7,12H,8-11H2,1-3H3. The van der Waals surface area contributed by atoms with Crippen molar-refractivity contribution < 1.29 is 9.53 Å². The summed E-state index contributed by atoms with van der Waals surface area (Å²) in [5.41, 5.74) is 2.06. The van der Waals surface area contributed by atoms with E-state index in [0.29, 0.717) is 13.1 Å². The summed E-state index contributed by atoms with van der Waals surface area (Å²) in [6.45, 7) is 5.01. The molecule has 0 aliphatic carbocycles. The number of piperazine rings is 1. The number of rotatable bonds is 3. The number of anilines is 1. The van der Waals surface area contributed by atoms with Gasteiger partial charge in [0.05, 0.1) is 23.4 Å². The van der Waals surface area contributed by atoms with Crippen molar-refractivity contribution in [1.82, 2.24) is 14.7 Å². The van der Waals surface area contributed by atoms with Crippen molar-refractivity contribution in [3.8, 4) is 5.75 Å². The predicted octanol–water partition coefficient (Wildman–Crippen LogP) is 2.91. The van der Waals surface area contributed by atoms with Crippen LogP contribution in [0.1, 0.15) is 15.4 Å². The lowest BCUT2D eigenvalue weighted by Gasteiger charge is -2.36. The van der Waals surface area contributed by atoms with Gasteiger partial charge in [-0.05, 0) is 25.1 Å². The normalized spacial score (nSPS) is 14.9. The van der Waals surface area contributed by atoms with E-state index in [0.717, 1.165) is 45.3 Å². The molecule has 1 saturated heterocycles. The highest BCUT2D eigenvalue weighted by molar-refractivity contribution is 7.20. The molecule has 1 amide bonds. The molecular weight excluding hydrogens is 348 g/mol. The minimum Gasteiger partial charge on any atom is -0.495 e. The van der Waals surface area contributed by atoms with Crippen molar-refractivity contribution in [3.63, 3.8) is 0 Å². The van der Waals surface area contributed by atoms with Gasteiger partial charge in [-0.25, -0.2) is 0 Å². The second-order valence-electron chi connectivity index (χ2n) is 6.49. The topological polar surface area (TPSA) is 50.6 Å². The van der Waals surface area contributed by atoms with Gasteiger partial charge < -0.3 is 14.5 Å². The maximum absolute atomic E-state index is 12.9. The van der Waals surface area contributed by atoms with Gasteiger partial charge >= 0.3 is 0 Å². The van der Waals surface area contributed by atoms with Crippen LogP contribution in [-0.4, -0.2) is 53.9 Å². The molecule has 0 saturated carbocycles. The molecule has 4 rings (SSSR count). The molecule has 0 atom stereocenters. The van der Waals surface area contributed by atoms with Gasteiger partial charge in [0.25, 0.3) is 5.91 Å². The lowest BCUT2D eigenvalue weighted by atomic mass is 10.2. The first-order valence-corrected chi connectivity index (χ1v) is 9.50. The van der Waals surface area contributed by atoms with Crippen LogP contribution in [0.15, 0.2) is 30.3 Å². The fourth-order valence-corrected chi connectivity index (χ4v) is 4.60. The number of fused-ring (bicyclic) bond motifs is 1. The highest BCUT2D eigenvalue weighted by Crippen LogP contribution is 2.30. The van der Waals surface area contributed by atoms with Crippen molar-refractivity contribution in [2.75, 3.05) is 38.2 Å². The van der Waals surface area contributed by atoms with E-state index in [-0.39, 0.29) is 5.91 Å².